The Kier molecular flexibility index (Phi) is 7.67. The lowest BCUT2D eigenvalue weighted by molar-refractivity contribution is -0.144. The molecule has 16 heavy (non-hydrogen) atoms. The Morgan fingerprint density at radius 3 is 2.00 bits per heavy atom. The van der Waals surface area contributed by atoms with Crippen LogP contribution in [0.1, 0.15) is 41.0 Å². The summed E-state index contributed by atoms with van der Waals surface area (Å²) in [5.41, 5.74) is 0. The van der Waals surface area contributed by atoms with Crippen LogP contribution >= 0.6 is 0 Å². The van der Waals surface area contributed by atoms with E-state index in [0.717, 1.165) is 18.1 Å². The first-order valence-corrected chi connectivity index (χ1v) is 8.89. The largest absolute Gasteiger partial charge is 0.466 e. The van der Waals surface area contributed by atoms with E-state index in [4.69, 9.17) is 9.16 Å². The molecule has 0 aromatic rings. The van der Waals surface area contributed by atoms with E-state index in [2.05, 4.69) is 20.8 Å². The zero-order valence-electron chi connectivity index (χ0n) is 11.3. The number of hydrogen-bond donors (Lipinski definition) is 0. The van der Waals surface area contributed by atoms with Crippen LogP contribution in [0.15, 0.2) is 0 Å². The molecule has 0 fully saturated rings. The standard InChI is InChI=1S/C12H26O3Si/c1-6-14-12(13)10-11(5)15-16(7-2,8-3)9-4/h11H,6-10H2,1-5H3/t11-/m0/s1. The second kappa shape index (κ2) is 7.85. The summed E-state index contributed by atoms with van der Waals surface area (Å²) in [5, 5.41) is 0. The van der Waals surface area contributed by atoms with Gasteiger partial charge >= 0.3 is 5.97 Å². The van der Waals surface area contributed by atoms with Gasteiger partial charge in [-0.15, -0.1) is 0 Å². The van der Waals surface area contributed by atoms with E-state index in [1.54, 1.807) is 0 Å². The van der Waals surface area contributed by atoms with E-state index >= 15 is 0 Å². The van der Waals surface area contributed by atoms with Gasteiger partial charge in [0, 0.05) is 0 Å². The lowest BCUT2D eigenvalue weighted by atomic mass is 10.3. The van der Waals surface area contributed by atoms with Crippen LogP contribution in [0.25, 0.3) is 0 Å². The molecular weight excluding hydrogens is 220 g/mol. The Bertz CT molecular complexity index is 194. The third-order valence-corrected chi connectivity index (χ3v) is 7.91. The van der Waals surface area contributed by atoms with Crippen LogP contribution in [0.2, 0.25) is 18.1 Å². The number of esters is 1. The quantitative estimate of drug-likeness (QED) is 0.487. The summed E-state index contributed by atoms with van der Waals surface area (Å²) < 4.78 is 11.1. The topological polar surface area (TPSA) is 35.5 Å². The molecule has 0 rings (SSSR count). The normalized spacial score (nSPS) is 13.6. The van der Waals surface area contributed by atoms with Crippen LogP contribution in [0, 0.1) is 0 Å². The van der Waals surface area contributed by atoms with Gasteiger partial charge in [-0.3, -0.25) is 4.79 Å². The van der Waals surface area contributed by atoms with Gasteiger partial charge in [0.2, 0.25) is 0 Å². The smallest absolute Gasteiger partial charge is 0.308 e. The van der Waals surface area contributed by atoms with E-state index < -0.39 is 8.32 Å². The molecule has 1 atom stereocenters. The van der Waals surface area contributed by atoms with E-state index in [0.29, 0.717) is 13.0 Å². The van der Waals surface area contributed by atoms with Gasteiger partial charge in [0.25, 0.3) is 0 Å². The van der Waals surface area contributed by atoms with Crippen molar-refractivity contribution in [2.24, 2.45) is 0 Å². The maximum atomic E-state index is 11.3. The third-order valence-electron chi connectivity index (χ3n) is 3.14. The molecule has 0 heterocycles. The minimum absolute atomic E-state index is 0.00873. The van der Waals surface area contributed by atoms with Crippen LogP contribution in [0.3, 0.4) is 0 Å². The predicted octanol–water partition coefficient (Wildman–Crippen LogP) is 3.35. The summed E-state index contributed by atoms with van der Waals surface area (Å²) in [6.45, 7) is 10.8. The molecule has 0 aliphatic rings. The van der Waals surface area contributed by atoms with Gasteiger partial charge in [-0.2, -0.15) is 0 Å². The number of carbonyl (C=O) groups is 1. The van der Waals surface area contributed by atoms with Gasteiger partial charge in [0.05, 0.1) is 19.1 Å². The molecule has 0 saturated carbocycles. The highest BCUT2D eigenvalue weighted by atomic mass is 28.4. The minimum atomic E-state index is -1.58. The van der Waals surface area contributed by atoms with Gasteiger partial charge < -0.3 is 9.16 Å². The SMILES string of the molecule is CCOC(=O)C[C@H](C)O[Si](CC)(CC)CC. The fraction of sp³-hybridized carbons (Fsp3) is 0.917. The lowest BCUT2D eigenvalue weighted by Gasteiger charge is -2.31. The van der Waals surface area contributed by atoms with Crippen molar-refractivity contribution < 1.29 is 14.0 Å². The van der Waals surface area contributed by atoms with Crippen LogP contribution in [-0.2, 0) is 14.0 Å². The Hall–Kier alpha value is -0.353. The van der Waals surface area contributed by atoms with Gasteiger partial charge in [-0.1, -0.05) is 20.8 Å². The summed E-state index contributed by atoms with van der Waals surface area (Å²) in [4.78, 5) is 11.3. The van der Waals surface area contributed by atoms with E-state index in [1.165, 1.54) is 0 Å². The van der Waals surface area contributed by atoms with Gasteiger partial charge in [0.15, 0.2) is 8.32 Å². The number of rotatable bonds is 8. The highest BCUT2D eigenvalue weighted by Crippen LogP contribution is 2.24. The van der Waals surface area contributed by atoms with E-state index in [-0.39, 0.29) is 12.1 Å². The summed E-state index contributed by atoms with van der Waals surface area (Å²) in [5.74, 6) is -0.152. The number of carbonyl (C=O) groups excluding carboxylic acids is 1. The Morgan fingerprint density at radius 1 is 1.12 bits per heavy atom. The Labute approximate surface area is 101 Å². The number of ether oxygens (including phenoxy) is 1. The highest BCUT2D eigenvalue weighted by Gasteiger charge is 2.31. The van der Waals surface area contributed by atoms with Crippen LogP contribution < -0.4 is 0 Å². The van der Waals surface area contributed by atoms with Gasteiger partial charge in [-0.25, -0.2) is 0 Å². The van der Waals surface area contributed by atoms with Crippen molar-refractivity contribution in [2.45, 2.75) is 65.3 Å². The number of hydrogen-bond acceptors (Lipinski definition) is 3. The van der Waals surface area contributed by atoms with Gasteiger partial charge in [-0.05, 0) is 32.0 Å². The molecule has 0 aliphatic carbocycles. The molecule has 0 spiro atoms. The molecule has 0 amide bonds. The molecule has 0 aliphatic heterocycles. The van der Waals surface area contributed by atoms with Crippen LogP contribution in [-0.4, -0.2) is 27.0 Å². The molecule has 0 saturated heterocycles. The average molecular weight is 246 g/mol. The molecular formula is C12H26O3Si. The van der Waals surface area contributed by atoms with Crippen molar-refractivity contribution in [2.75, 3.05) is 6.61 Å². The highest BCUT2D eigenvalue weighted by molar-refractivity contribution is 6.73. The maximum absolute atomic E-state index is 11.3. The van der Waals surface area contributed by atoms with E-state index in [1.807, 2.05) is 13.8 Å². The first-order chi connectivity index (χ1) is 7.53. The molecule has 4 heteroatoms. The summed E-state index contributed by atoms with van der Waals surface area (Å²) in [6, 6.07) is 3.35. The zero-order chi connectivity index (χ0) is 12.6. The maximum Gasteiger partial charge on any atom is 0.308 e. The summed E-state index contributed by atoms with van der Waals surface area (Å²) in [7, 11) is -1.58. The Morgan fingerprint density at radius 2 is 1.62 bits per heavy atom. The van der Waals surface area contributed by atoms with Crippen LogP contribution in [0.5, 0.6) is 0 Å². The Balaban J connectivity index is 4.19. The first-order valence-electron chi connectivity index (χ1n) is 6.36. The fourth-order valence-electron chi connectivity index (χ4n) is 1.92. The van der Waals surface area contributed by atoms with Gasteiger partial charge in [0.1, 0.15) is 0 Å². The molecule has 3 nitrogen and oxygen atoms in total. The fourth-order valence-corrected chi connectivity index (χ4v) is 4.86. The van der Waals surface area contributed by atoms with Crippen molar-refractivity contribution in [1.29, 1.82) is 0 Å². The monoisotopic (exact) mass is 246 g/mol. The molecule has 0 radical (unpaired) electrons. The summed E-state index contributed by atoms with van der Waals surface area (Å²) in [6.07, 6.45) is 0.369. The molecule has 0 unspecified atom stereocenters. The summed E-state index contributed by atoms with van der Waals surface area (Å²) >= 11 is 0. The van der Waals surface area contributed by atoms with Crippen molar-refractivity contribution in [3.05, 3.63) is 0 Å². The van der Waals surface area contributed by atoms with Crippen molar-refractivity contribution in [3.8, 4) is 0 Å². The minimum Gasteiger partial charge on any atom is -0.466 e. The zero-order valence-corrected chi connectivity index (χ0v) is 12.3. The third kappa shape index (κ3) is 5.12. The van der Waals surface area contributed by atoms with Crippen molar-refractivity contribution in [3.63, 3.8) is 0 Å². The molecule has 0 aromatic heterocycles. The lowest BCUT2D eigenvalue weighted by Crippen LogP contribution is -2.39. The predicted molar refractivity (Wildman–Crippen MR) is 69.0 cm³/mol. The second-order valence-corrected chi connectivity index (χ2v) is 8.90. The molecule has 0 N–H and O–H groups in total. The molecule has 0 aromatic carbocycles. The molecule has 0 bridgehead atoms. The van der Waals surface area contributed by atoms with Crippen molar-refractivity contribution in [1.82, 2.24) is 0 Å². The van der Waals surface area contributed by atoms with E-state index in [9.17, 15) is 4.79 Å². The first kappa shape index (κ1) is 15.6. The second-order valence-electron chi connectivity index (χ2n) is 4.18. The average Bonchev–Trinajstić information content (AvgIpc) is 2.26. The molecule has 96 valence electrons. The van der Waals surface area contributed by atoms with Crippen molar-refractivity contribution >= 4 is 14.3 Å². The van der Waals surface area contributed by atoms with Crippen LogP contribution in [0.4, 0.5) is 0 Å².